The molecule has 0 aromatic heterocycles. The fraction of sp³-hybridized carbons (Fsp3) is 0.500. The fourth-order valence-corrected chi connectivity index (χ4v) is 4.13. The molecule has 9 heteroatoms. The van der Waals surface area contributed by atoms with Gasteiger partial charge in [0.2, 0.25) is 21.8 Å². The summed E-state index contributed by atoms with van der Waals surface area (Å²) in [5, 5.41) is 5.17. The highest BCUT2D eigenvalue weighted by molar-refractivity contribution is 7.89. The third-order valence-corrected chi connectivity index (χ3v) is 5.77. The molecular formula is C16H23N3O5S. The van der Waals surface area contributed by atoms with E-state index >= 15 is 0 Å². The number of methoxy groups -OCH3 is 1. The lowest BCUT2D eigenvalue weighted by molar-refractivity contribution is -0.119. The van der Waals surface area contributed by atoms with Gasteiger partial charge in [0, 0.05) is 33.0 Å². The average Bonchev–Trinajstić information content (AvgIpc) is 3.09. The Bertz CT molecular complexity index is 742. The van der Waals surface area contributed by atoms with Crippen molar-refractivity contribution in [2.24, 2.45) is 0 Å². The number of rotatable bonds is 7. The third-order valence-electron chi connectivity index (χ3n) is 3.87. The summed E-state index contributed by atoms with van der Waals surface area (Å²) in [4.78, 5) is 23.0. The maximum Gasteiger partial charge on any atom is 0.243 e. The number of carbonyl (C=O) groups is 2. The number of sulfonamides is 1. The van der Waals surface area contributed by atoms with Crippen LogP contribution < -0.4 is 15.4 Å². The summed E-state index contributed by atoms with van der Waals surface area (Å²) >= 11 is 0. The molecule has 8 nitrogen and oxygen atoms in total. The van der Waals surface area contributed by atoms with Gasteiger partial charge in [-0.05, 0) is 31.0 Å². The lowest BCUT2D eigenvalue weighted by Crippen LogP contribution is -2.28. The SMILES string of the molecule is COc1ccc(S(=O)(=O)N2CCCC2)cc1NC(=O)CCNC(C)=O. The van der Waals surface area contributed by atoms with Crippen molar-refractivity contribution in [2.75, 3.05) is 32.1 Å². The van der Waals surface area contributed by atoms with Gasteiger partial charge in [0.05, 0.1) is 17.7 Å². The van der Waals surface area contributed by atoms with Gasteiger partial charge in [0.25, 0.3) is 0 Å². The molecule has 1 aliphatic rings. The molecule has 1 heterocycles. The van der Waals surface area contributed by atoms with Gasteiger partial charge in [0.1, 0.15) is 5.75 Å². The molecule has 1 saturated heterocycles. The minimum absolute atomic E-state index is 0.0752. The number of nitrogens with zero attached hydrogens (tertiary/aromatic N) is 1. The molecule has 0 atom stereocenters. The minimum atomic E-state index is -3.58. The molecule has 0 bridgehead atoms. The van der Waals surface area contributed by atoms with Crippen LogP contribution >= 0.6 is 0 Å². The summed E-state index contributed by atoms with van der Waals surface area (Å²) in [5.41, 5.74) is 0.288. The predicted octanol–water partition coefficient (Wildman–Crippen LogP) is 0.944. The number of nitrogens with one attached hydrogen (secondary N) is 2. The number of amides is 2. The summed E-state index contributed by atoms with van der Waals surface area (Å²) in [5.74, 6) is -0.194. The molecular weight excluding hydrogens is 346 g/mol. The van der Waals surface area contributed by atoms with Crippen LogP contribution in [0.1, 0.15) is 26.2 Å². The molecule has 1 aromatic rings. The van der Waals surface area contributed by atoms with E-state index in [0.717, 1.165) is 12.8 Å². The topological polar surface area (TPSA) is 105 Å². The van der Waals surface area contributed by atoms with Crippen LogP contribution in [-0.4, -0.2) is 51.3 Å². The van der Waals surface area contributed by atoms with Gasteiger partial charge in [-0.3, -0.25) is 9.59 Å². The normalized spacial score (nSPS) is 15.0. The van der Waals surface area contributed by atoms with Crippen LogP contribution in [0.4, 0.5) is 5.69 Å². The van der Waals surface area contributed by atoms with Crippen molar-refractivity contribution in [1.29, 1.82) is 0 Å². The first-order valence-electron chi connectivity index (χ1n) is 8.07. The standard InChI is InChI=1S/C16H23N3O5S/c1-12(20)17-8-7-16(21)18-14-11-13(5-6-15(14)24-2)25(22,23)19-9-3-4-10-19/h5-6,11H,3-4,7-10H2,1-2H3,(H,17,20)(H,18,21). The molecule has 25 heavy (non-hydrogen) atoms. The molecule has 0 saturated carbocycles. The summed E-state index contributed by atoms with van der Waals surface area (Å²) in [7, 11) is -2.14. The summed E-state index contributed by atoms with van der Waals surface area (Å²) in [6, 6.07) is 4.40. The molecule has 1 aliphatic heterocycles. The summed E-state index contributed by atoms with van der Waals surface area (Å²) in [6.07, 6.45) is 1.77. The second-order valence-electron chi connectivity index (χ2n) is 5.75. The van der Waals surface area contributed by atoms with Gasteiger partial charge >= 0.3 is 0 Å². The quantitative estimate of drug-likeness (QED) is 0.744. The number of hydrogen-bond donors (Lipinski definition) is 2. The molecule has 2 amide bonds. The second-order valence-corrected chi connectivity index (χ2v) is 7.69. The van der Waals surface area contributed by atoms with Crippen LogP contribution in [-0.2, 0) is 19.6 Å². The van der Waals surface area contributed by atoms with E-state index < -0.39 is 10.0 Å². The zero-order chi connectivity index (χ0) is 18.4. The number of anilines is 1. The van der Waals surface area contributed by atoms with Crippen molar-refractivity contribution in [2.45, 2.75) is 31.1 Å². The van der Waals surface area contributed by atoms with E-state index in [-0.39, 0.29) is 35.4 Å². The smallest absolute Gasteiger partial charge is 0.243 e. The van der Waals surface area contributed by atoms with Crippen LogP contribution in [0, 0.1) is 0 Å². The molecule has 2 N–H and O–H groups in total. The highest BCUT2D eigenvalue weighted by atomic mass is 32.2. The molecule has 2 rings (SSSR count). The van der Waals surface area contributed by atoms with Crippen LogP contribution in [0.25, 0.3) is 0 Å². The Balaban J connectivity index is 2.16. The Labute approximate surface area is 147 Å². The first kappa shape index (κ1) is 19.2. The van der Waals surface area contributed by atoms with Gasteiger partial charge in [-0.2, -0.15) is 4.31 Å². The predicted molar refractivity (Wildman–Crippen MR) is 92.9 cm³/mol. The summed E-state index contributed by atoms with van der Waals surface area (Å²) in [6.45, 7) is 2.59. The minimum Gasteiger partial charge on any atom is -0.495 e. The number of ether oxygens (including phenoxy) is 1. The van der Waals surface area contributed by atoms with Crippen LogP contribution in [0.5, 0.6) is 5.75 Å². The molecule has 1 fully saturated rings. The first-order valence-corrected chi connectivity index (χ1v) is 9.51. The first-order chi connectivity index (χ1) is 11.8. The van der Waals surface area contributed by atoms with E-state index in [0.29, 0.717) is 18.8 Å². The monoisotopic (exact) mass is 369 g/mol. The Morgan fingerprint density at radius 1 is 1.24 bits per heavy atom. The zero-order valence-corrected chi connectivity index (χ0v) is 15.2. The largest absolute Gasteiger partial charge is 0.495 e. The molecule has 138 valence electrons. The van der Waals surface area contributed by atoms with Gasteiger partial charge in [0.15, 0.2) is 0 Å². The molecule has 0 radical (unpaired) electrons. The highest BCUT2D eigenvalue weighted by Crippen LogP contribution is 2.30. The van der Waals surface area contributed by atoms with E-state index in [1.54, 1.807) is 0 Å². The van der Waals surface area contributed by atoms with E-state index in [1.807, 2.05) is 0 Å². The van der Waals surface area contributed by atoms with Crippen LogP contribution in [0.2, 0.25) is 0 Å². The van der Waals surface area contributed by atoms with Crippen molar-refractivity contribution in [1.82, 2.24) is 9.62 Å². The number of benzene rings is 1. The van der Waals surface area contributed by atoms with Gasteiger partial charge in [-0.1, -0.05) is 0 Å². The molecule has 1 aromatic carbocycles. The number of hydrogen-bond acceptors (Lipinski definition) is 5. The van der Waals surface area contributed by atoms with Crippen molar-refractivity contribution in [3.05, 3.63) is 18.2 Å². The fourth-order valence-electron chi connectivity index (χ4n) is 2.59. The van der Waals surface area contributed by atoms with E-state index in [1.165, 1.54) is 36.5 Å². The van der Waals surface area contributed by atoms with Crippen molar-refractivity contribution < 1.29 is 22.7 Å². The van der Waals surface area contributed by atoms with E-state index in [9.17, 15) is 18.0 Å². The van der Waals surface area contributed by atoms with Crippen molar-refractivity contribution in [3.8, 4) is 5.75 Å². The third kappa shape index (κ3) is 4.93. The summed E-state index contributed by atoms with van der Waals surface area (Å²) < 4.78 is 31.9. The maximum atomic E-state index is 12.6. The van der Waals surface area contributed by atoms with Gasteiger partial charge in [-0.15, -0.1) is 0 Å². The molecule has 0 aliphatic carbocycles. The maximum absolute atomic E-state index is 12.6. The van der Waals surface area contributed by atoms with Gasteiger partial charge in [-0.25, -0.2) is 8.42 Å². The average molecular weight is 369 g/mol. The zero-order valence-electron chi connectivity index (χ0n) is 14.4. The second kappa shape index (κ2) is 8.30. The van der Waals surface area contributed by atoms with Crippen LogP contribution in [0.3, 0.4) is 0 Å². The van der Waals surface area contributed by atoms with Crippen molar-refractivity contribution >= 4 is 27.5 Å². The molecule has 0 spiro atoms. The Hall–Kier alpha value is -2.13. The Kier molecular flexibility index (Phi) is 6.38. The number of carbonyl (C=O) groups excluding carboxylic acids is 2. The van der Waals surface area contributed by atoms with E-state index in [2.05, 4.69) is 10.6 Å². The highest BCUT2D eigenvalue weighted by Gasteiger charge is 2.28. The molecule has 0 unspecified atom stereocenters. The van der Waals surface area contributed by atoms with Gasteiger partial charge < -0.3 is 15.4 Å². The Morgan fingerprint density at radius 2 is 1.92 bits per heavy atom. The Morgan fingerprint density at radius 3 is 2.52 bits per heavy atom. The van der Waals surface area contributed by atoms with Crippen LogP contribution in [0.15, 0.2) is 23.1 Å². The van der Waals surface area contributed by atoms with Crippen molar-refractivity contribution in [3.63, 3.8) is 0 Å². The lowest BCUT2D eigenvalue weighted by atomic mass is 10.2. The lowest BCUT2D eigenvalue weighted by Gasteiger charge is -2.17. The van der Waals surface area contributed by atoms with E-state index in [4.69, 9.17) is 4.74 Å².